The summed E-state index contributed by atoms with van der Waals surface area (Å²) in [6.07, 6.45) is 1.79. The summed E-state index contributed by atoms with van der Waals surface area (Å²) in [5, 5.41) is 3.06. The number of thioether (sulfide) groups is 1. The lowest BCUT2D eigenvalue weighted by molar-refractivity contribution is -0.120. The molecule has 0 fully saturated rings. The second-order valence-electron chi connectivity index (χ2n) is 4.75. The summed E-state index contributed by atoms with van der Waals surface area (Å²) in [6.45, 7) is 2.83. The van der Waals surface area contributed by atoms with Gasteiger partial charge in [-0.1, -0.05) is 25.1 Å². The SMILES string of the molecule is CC(CCCl)CNC(=O)C1Cc2ccccc2S1. The average molecular weight is 284 g/mol. The number of carbonyl (C=O) groups is 1. The van der Waals surface area contributed by atoms with Crippen molar-refractivity contribution in [1.29, 1.82) is 0 Å². The van der Waals surface area contributed by atoms with Gasteiger partial charge < -0.3 is 5.32 Å². The number of benzene rings is 1. The van der Waals surface area contributed by atoms with Gasteiger partial charge >= 0.3 is 0 Å². The summed E-state index contributed by atoms with van der Waals surface area (Å²) >= 11 is 7.35. The third kappa shape index (κ3) is 3.42. The zero-order valence-electron chi connectivity index (χ0n) is 10.5. The van der Waals surface area contributed by atoms with Gasteiger partial charge in [0.2, 0.25) is 5.91 Å². The molecule has 1 heterocycles. The number of alkyl halides is 1. The van der Waals surface area contributed by atoms with Gasteiger partial charge in [0.1, 0.15) is 0 Å². The van der Waals surface area contributed by atoms with Gasteiger partial charge in [-0.05, 0) is 30.4 Å². The highest BCUT2D eigenvalue weighted by molar-refractivity contribution is 8.01. The molecule has 4 heteroatoms. The monoisotopic (exact) mass is 283 g/mol. The topological polar surface area (TPSA) is 29.1 Å². The van der Waals surface area contributed by atoms with Crippen LogP contribution in [0.4, 0.5) is 0 Å². The molecule has 0 radical (unpaired) electrons. The minimum absolute atomic E-state index is 0.0330. The largest absolute Gasteiger partial charge is 0.355 e. The fourth-order valence-electron chi connectivity index (χ4n) is 2.01. The van der Waals surface area contributed by atoms with Crippen LogP contribution in [0, 0.1) is 5.92 Å². The van der Waals surface area contributed by atoms with Crippen LogP contribution in [0.1, 0.15) is 18.9 Å². The van der Waals surface area contributed by atoms with Crippen molar-refractivity contribution in [2.75, 3.05) is 12.4 Å². The minimum Gasteiger partial charge on any atom is -0.355 e. The maximum Gasteiger partial charge on any atom is 0.233 e. The van der Waals surface area contributed by atoms with Gasteiger partial charge in [0, 0.05) is 17.3 Å². The van der Waals surface area contributed by atoms with Gasteiger partial charge in [0.05, 0.1) is 5.25 Å². The fourth-order valence-corrected chi connectivity index (χ4v) is 3.60. The molecule has 0 aromatic heterocycles. The second-order valence-corrected chi connectivity index (χ2v) is 6.37. The van der Waals surface area contributed by atoms with E-state index in [1.807, 2.05) is 12.1 Å². The van der Waals surface area contributed by atoms with E-state index < -0.39 is 0 Å². The summed E-state index contributed by atoms with van der Waals surface area (Å²) < 4.78 is 0. The van der Waals surface area contributed by atoms with Crippen LogP contribution < -0.4 is 5.32 Å². The van der Waals surface area contributed by atoms with Crippen LogP contribution in [0.2, 0.25) is 0 Å². The highest BCUT2D eigenvalue weighted by Crippen LogP contribution is 2.36. The smallest absolute Gasteiger partial charge is 0.233 e. The number of amides is 1. The molecule has 0 saturated heterocycles. The van der Waals surface area contributed by atoms with E-state index in [-0.39, 0.29) is 11.2 Å². The third-order valence-electron chi connectivity index (χ3n) is 3.17. The first-order chi connectivity index (χ1) is 8.70. The zero-order chi connectivity index (χ0) is 13.0. The molecule has 98 valence electrons. The standard InChI is InChI=1S/C14H18ClNOS/c1-10(6-7-15)9-16-14(17)13-8-11-4-2-3-5-12(11)18-13/h2-5,10,13H,6-9H2,1H3,(H,16,17). The van der Waals surface area contributed by atoms with Crippen molar-refractivity contribution in [2.45, 2.75) is 29.9 Å². The van der Waals surface area contributed by atoms with E-state index in [2.05, 4.69) is 24.4 Å². The Morgan fingerprint density at radius 1 is 1.56 bits per heavy atom. The Balaban J connectivity index is 1.82. The number of rotatable bonds is 5. The molecule has 0 aliphatic carbocycles. The molecule has 1 N–H and O–H groups in total. The Morgan fingerprint density at radius 3 is 3.06 bits per heavy atom. The van der Waals surface area contributed by atoms with E-state index in [4.69, 9.17) is 11.6 Å². The lowest BCUT2D eigenvalue weighted by Gasteiger charge is -2.13. The van der Waals surface area contributed by atoms with E-state index in [9.17, 15) is 4.79 Å². The molecule has 2 atom stereocenters. The van der Waals surface area contributed by atoms with Crippen molar-refractivity contribution >= 4 is 29.3 Å². The molecular weight excluding hydrogens is 266 g/mol. The lowest BCUT2D eigenvalue weighted by Crippen LogP contribution is -2.35. The molecule has 1 aromatic carbocycles. The summed E-state index contributed by atoms with van der Waals surface area (Å²) in [6, 6.07) is 8.24. The Labute approximate surface area is 117 Å². The maximum atomic E-state index is 12.1. The first kappa shape index (κ1) is 13.8. The molecule has 1 aliphatic rings. The van der Waals surface area contributed by atoms with Gasteiger partial charge in [-0.2, -0.15) is 0 Å². The van der Waals surface area contributed by atoms with Crippen molar-refractivity contribution < 1.29 is 4.79 Å². The van der Waals surface area contributed by atoms with Crippen LogP contribution in [0.25, 0.3) is 0 Å². The Bertz CT molecular complexity index is 399. The summed E-state index contributed by atoms with van der Waals surface area (Å²) in [5.74, 6) is 1.25. The molecule has 0 spiro atoms. The molecule has 0 bridgehead atoms. The molecule has 2 nitrogen and oxygen atoms in total. The lowest BCUT2D eigenvalue weighted by atomic mass is 10.1. The van der Waals surface area contributed by atoms with Crippen LogP contribution >= 0.6 is 23.4 Å². The molecule has 1 amide bonds. The maximum absolute atomic E-state index is 12.1. The van der Waals surface area contributed by atoms with Gasteiger partial charge in [-0.15, -0.1) is 23.4 Å². The number of hydrogen-bond acceptors (Lipinski definition) is 2. The Hall–Kier alpha value is -0.670. The van der Waals surface area contributed by atoms with Crippen molar-refractivity contribution in [3.05, 3.63) is 29.8 Å². The summed E-state index contributed by atoms with van der Waals surface area (Å²) in [5.41, 5.74) is 1.29. The molecular formula is C14H18ClNOS. The molecule has 18 heavy (non-hydrogen) atoms. The molecule has 1 aliphatic heterocycles. The summed E-state index contributed by atoms with van der Waals surface area (Å²) in [7, 11) is 0. The normalized spacial score (nSPS) is 19.3. The van der Waals surface area contributed by atoms with Crippen LogP contribution in [0.5, 0.6) is 0 Å². The first-order valence-electron chi connectivity index (χ1n) is 6.29. The predicted octanol–water partition coefficient (Wildman–Crippen LogP) is 3.08. The van der Waals surface area contributed by atoms with Crippen molar-refractivity contribution in [3.8, 4) is 0 Å². The molecule has 0 saturated carbocycles. The molecule has 2 unspecified atom stereocenters. The van der Waals surface area contributed by atoms with E-state index >= 15 is 0 Å². The van der Waals surface area contributed by atoms with Crippen molar-refractivity contribution in [1.82, 2.24) is 5.32 Å². The van der Waals surface area contributed by atoms with Gasteiger partial charge in [0.25, 0.3) is 0 Å². The second kappa shape index (κ2) is 6.48. The fraction of sp³-hybridized carbons (Fsp3) is 0.500. The molecule has 2 rings (SSSR count). The number of halogens is 1. The number of fused-ring (bicyclic) bond motifs is 1. The first-order valence-corrected chi connectivity index (χ1v) is 7.70. The number of nitrogens with one attached hydrogen (secondary N) is 1. The van der Waals surface area contributed by atoms with Crippen molar-refractivity contribution in [2.24, 2.45) is 5.92 Å². The van der Waals surface area contributed by atoms with E-state index in [1.54, 1.807) is 11.8 Å². The quantitative estimate of drug-likeness (QED) is 0.842. The molecule has 1 aromatic rings. The van der Waals surface area contributed by atoms with Crippen LogP contribution in [-0.4, -0.2) is 23.6 Å². The minimum atomic E-state index is 0.0330. The highest BCUT2D eigenvalue weighted by atomic mass is 35.5. The third-order valence-corrected chi connectivity index (χ3v) is 4.70. The van der Waals surface area contributed by atoms with Gasteiger partial charge in [0.15, 0.2) is 0 Å². The van der Waals surface area contributed by atoms with E-state index in [0.29, 0.717) is 11.8 Å². The summed E-state index contributed by atoms with van der Waals surface area (Å²) in [4.78, 5) is 13.3. The number of hydrogen-bond donors (Lipinski definition) is 1. The van der Waals surface area contributed by atoms with E-state index in [1.165, 1.54) is 10.5 Å². The van der Waals surface area contributed by atoms with Gasteiger partial charge in [-0.25, -0.2) is 0 Å². The predicted molar refractivity (Wildman–Crippen MR) is 77.3 cm³/mol. The zero-order valence-corrected chi connectivity index (χ0v) is 12.1. The Kier molecular flexibility index (Phi) is 4.95. The Morgan fingerprint density at radius 2 is 2.33 bits per heavy atom. The highest BCUT2D eigenvalue weighted by Gasteiger charge is 2.27. The van der Waals surface area contributed by atoms with Crippen LogP contribution in [0.15, 0.2) is 29.2 Å². The van der Waals surface area contributed by atoms with Crippen LogP contribution in [-0.2, 0) is 11.2 Å². The van der Waals surface area contributed by atoms with E-state index in [0.717, 1.165) is 19.4 Å². The average Bonchev–Trinajstić information content (AvgIpc) is 2.80. The van der Waals surface area contributed by atoms with Crippen molar-refractivity contribution in [3.63, 3.8) is 0 Å². The number of carbonyl (C=O) groups excluding carboxylic acids is 1. The van der Waals surface area contributed by atoms with Gasteiger partial charge in [-0.3, -0.25) is 4.79 Å². The van der Waals surface area contributed by atoms with Crippen LogP contribution in [0.3, 0.4) is 0 Å².